The van der Waals surface area contributed by atoms with Crippen LogP contribution in [0.25, 0.3) is 0 Å². The molecule has 0 spiro atoms. The molecule has 90 valence electrons. The van der Waals surface area contributed by atoms with Crippen LogP contribution in [0.15, 0.2) is 0 Å². The summed E-state index contributed by atoms with van der Waals surface area (Å²) in [7, 11) is 6.18. The molecule has 0 aromatic carbocycles. The van der Waals surface area contributed by atoms with Gasteiger partial charge in [0.2, 0.25) is 0 Å². The number of terminal acetylenes is 3. The van der Waals surface area contributed by atoms with Crippen molar-refractivity contribution in [2.24, 2.45) is 0 Å². The van der Waals surface area contributed by atoms with Gasteiger partial charge in [-0.2, -0.15) is 0 Å². The van der Waals surface area contributed by atoms with Crippen LogP contribution in [0.5, 0.6) is 0 Å². The highest BCUT2D eigenvalue weighted by atomic mass is 15.3. The van der Waals surface area contributed by atoms with Crippen LogP contribution in [0.4, 0.5) is 0 Å². The van der Waals surface area contributed by atoms with E-state index in [0.29, 0.717) is 19.0 Å². The molecule has 0 bridgehead atoms. The summed E-state index contributed by atoms with van der Waals surface area (Å²) in [5, 5.41) is 0. The van der Waals surface area contributed by atoms with Gasteiger partial charge in [-0.15, -0.1) is 37.0 Å². The molecular formula is C12H18B3N3. The van der Waals surface area contributed by atoms with Crippen LogP contribution in [0.1, 0.15) is 0 Å². The Hall–Kier alpha value is -1.25. The highest BCUT2D eigenvalue weighted by Crippen LogP contribution is 2.21. The fourth-order valence-electron chi connectivity index (χ4n) is 2.64. The van der Waals surface area contributed by atoms with Crippen molar-refractivity contribution in [2.45, 2.75) is 19.0 Å². The average molecular weight is 237 g/mol. The third-order valence-corrected chi connectivity index (χ3v) is 3.72. The Kier molecular flexibility index (Phi) is 5.45. The summed E-state index contributed by atoms with van der Waals surface area (Å²) in [6, 6.07) is 0. The van der Waals surface area contributed by atoms with Crippen molar-refractivity contribution in [1.29, 1.82) is 0 Å². The Labute approximate surface area is 113 Å². The van der Waals surface area contributed by atoms with Gasteiger partial charge in [0.25, 0.3) is 0 Å². The van der Waals surface area contributed by atoms with Gasteiger partial charge in [-0.25, -0.2) is 0 Å². The topological polar surface area (TPSA) is 9.72 Å². The summed E-state index contributed by atoms with van der Waals surface area (Å²) < 4.78 is 6.69. The maximum atomic E-state index is 5.46. The molecular weight excluding hydrogens is 219 g/mol. The Bertz CT molecular complexity index is 332. The molecule has 1 saturated heterocycles. The summed E-state index contributed by atoms with van der Waals surface area (Å²) in [4.78, 5) is 0. The van der Waals surface area contributed by atoms with Crippen LogP contribution in [-0.4, -0.2) is 56.3 Å². The summed E-state index contributed by atoms with van der Waals surface area (Å²) in [6.45, 7) is 0.550. The second-order valence-electron chi connectivity index (χ2n) is 4.66. The molecule has 1 aliphatic rings. The van der Waals surface area contributed by atoms with E-state index in [2.05, 4.69) is 53.1 Å². The highest BCUT2D eigenvalue weighted by Gasteiger charge is 2.46. The molecule has 0 aromatic heterocycles. The van der Waals surface area contributed by atoms with Crippen LogP contribution in [-0.2, 0) is 0 Å². The van der Waals surface area contributed by atoms with Crippen molar-refractivity contribution in [3.05, 3.63) is 0 Å². The predicted octanol–water partition coefficient (Wildman–Crippen LogP) is 0.160. The molecule has 6 heteroatoms. The highest BCUT2D eigenvalue weighted by molar-refractivity contribution is 6.86. The van der Waals surface area contributed by atoms with Crippen LogP contribution in [0.3, 0.4) is 0 Å². The molecule has 1 fully saturated rings. The minimum absolute atomic E-state index is 0.183. The molecule has 0 atom stereocenters. The SMILES string of the molecule is C#CCB1N(C)B(CC#C)N(C)B(CC#C)N1C. The predicted molar refractivity (Wildman–Crippen MR) is 81.5 cm³/mol. The first-order valence-corrected chi connectivity index (χ1v) is 6.04. The van der Waals surface area contributed by atoms with Gasteiger partial charge in [0, 0.05) is 19.0 Å². The molecule has 0 unspecified atom stereocenters. The van der Waals surface area contributed by atoms with Gasteiger partial charge in [0.05, 0.1) is 0 Å². The molecule has 18 heavy (non-hydrogen) atoms. The number of hydrogen-bond acceptors (Lipinski definition) is 3. The van der Waals surface area contributed by atoms with E-state index in [0.717, 1.165) is 0 Å². The van der Waals surface area contributed by atoms with E-state index >= 15 is 0 Å². The lowest BCUT2D eigenvalue weighted by atomic mass is 9.41. The monoisotopic (exact) mass is 237 g/mol. The van der Waals surface area contributed by atoms with Gasteiger partial charge in [0.15, 0.2) is 0 Å². The molecule has 3 nitrogen and oxygen atoms in total. The fourth-order valence-corrected chi connectivity index (χ4v) is 2.64. The molecule has 0 aliphatic carbocycles. The molecule has 1 heterocycles. The van der Waals surface area contributed by atoms with E-state index in [9.17, 15) is 0 Å². The maximum Gasteiger partial charge on any atom is 0.302 e. The average Bonchev–Trinajstić information content (AvgIpc) is 2.35. The Balaban J connectivity index is 2.99. The first-order chi connectivity index (χ1) is 8.58. The second-order valence-corrected chi connectivity index (χ2v) is 4.66. The first kappa shape index (κ1) is 14.8. The maximum absolute atomic E-state index is 5.46. The van der Waals surface area contributed by atoms with Crippen molar-refractivity contribution in [3.63, 3.8) is 0 Å². The lowest BCUT2D eigenvalue weighted by molar-refractivity contribution is 0.535. The van der Waals surface area contributed by atoms with Crippen molar-refractivity contribution < 1.29 is 0 Å². The minimum Gasteiger partial charge on any atom is -0.358 e. The van der Waals surface area contributed by atoms with Gasteiger partial charge in [-0.1, -0.05) is 0 Å². The smallest absolute Gasteiger partial charge is 0.302 e. The number of hydrogen-bond donors (Lipinski definition) is 0. The van der Waals surface area contributed by atoms with Gasteiger partial charge < -0.3 is 14.2 Å². The Morgan fingerprint density at radius 1 is 0.667 bits per heavy atom. The lowest BCUT2D eigenvalue weighted by Gasteiger charge is -2.49. The molecule has 0 aromatic rings. The van der Waals surface area contributed by atoms with Crippen molar-refractivity contribution in [3.8, 4) is 37.0 Å². The molecule has 0 radical (unpaired) electrons. The number of rotatable bonds is 3. The van der Waals surface area contributed by atoms with Gasteiger partial charge in [0.1, 0.15) is 0 Å². The van der Waals surface area contributed by atoms with Gasteiger partial charge in [-0.05, 0) is 21.1 Å². The summed E-state index contributed by atoms with van der Waals surface area (Å²) >= 11 is 0. The quantitative estimate of drug-likeness (QED) is 0.511. The zero-order valence-electron chi connectivity index (χ0n) is 11.4. The van der Waals surface area contributed by atoms with E-state index in [1.807, 2.05) is 0 Å². The van der Waals surface area contributed by atoms with Gasteiger partial charge in [-0.3, -0.25) is 0 Å². The molecule has 0 amide bonds. The zero-order valence-corrected chi connectivity index (χ0v) is 11.4. The number of nitrogens with zero attached hydrogens (tertiary/aromatic N) is 3. The Morgan fingerprint density at radius 3 is 1.06 bits per heavy atom. The van der Waals surface area contributed by atoms with Gasteiger partial charge >= 0.3 is 20.9 Å². The van der Waals surface area contributed by atoms with Crippen LogP contribution >= 0.6 is 0 Å². The summed E-state index contributed by atoms with van der Waals surface area (Å²) in [6.07, 6.45) is 18.4. The third-order valence-electron chi connectivity index (χ3n) is 3.72. The van der Waals surface area contributed by atoms with Crippen molar-refractivity contribution >= 4 is 20.9 Å². The fraction of sp³-hybridized carbons (Fsp3) is 0.500. The zero-order chi connectivity index (χ0) is 13.7. The largest absolute Gasteiger partial charge is 0.358 e. The molecule has 1 aliphatic heterocycles. The summed E-state index contributed by atoms with van der Waals surface area (Å²) in [5.41, 5.74) is 0. The minimum atomic E-state index is 0.183. The van der Waals surface area contributed by atoms with E-state index in [4.69, 9.17) is 19.3 Å². The van der Waals surface area contributed by atoms with Crippen LogP contribution < -0.4 is 0 Å². The van der Waals surface area contributed by atoms with Crippen LogP contribution in [0.2, 0.25) is 19.0 Å². The van der Waals surface area contributed by atoms with E-state index in [1.165, 1.54) is 0 Å². The summed E-state index contributed by atoms with van der Waals surface area (Å²) in [5.74, 6) is 8.20. The van der Waals surface area contributed by atoms with Crippen LogP contribution in [0, 0.1) is 37.0 Å². The lowest BCUT2D eigenvalue weighted by Crippen LogP contribution is -2.74. The Morgan fingerprint density at radius 2 is 0.889 bits per heavy atom. The normalized spacial score (nSPS) is 18.3. The molecule has 0 N–H and O–H groups in total. The van der Waals surface area contributed by atoms with E-state index in [1.54, 1.807) is 0 Å². The van der Waals surface area contributed by atoms with Crippen molar-refractivity contribution in [1.82, 2.24) is 14.2 Å². The second kappa shape index (κ2) is 6.62. The van der Waals surface area contributed by atoms with Crippen molar-refractivity contribution in [2.75, 3.05) is 21.1 Å². The van der Waals surface area contributed by atoms with E-state index < -0.39 is 0 Å². The molecule has 0 saturated carbocycles. The van der Waals surface area contributed by atoms with E-state index in [-0.39, 0.29) is 20.9 Å². The molecule has 1 rings (SSSR count). The third kappa shape index (κ3) is 2.77. The first-order valence-electron chi connectivity index (χ1n) is 6.04. The standard InChI is InChI=1S/C12H18B3N3/c1-7-10-13-16(4)14(11-8-2)18(6)15(12-9-3)17(13)5/h1-3H,10-12H2,4-6H3.